The SMILES string of the molecule is Cc1cccc2sc(C(=O)C3CCC(NCc4ccc5c(c4)NC=CS5)CC3)nc12. The fraction of sp³-hybridized carbons (Fsp3) is 0.333. The number of nitrogens with one attached hydrogen (secondary N) is 2. The number of carbonyl (C=O) groups excluding carboxylic acids is 1. The van der Waals surface area contributed by atoms with Crippen LogP contribution in [0.4, 0.5) is 5.69 Å². The van der Waals surface area contributed by atoms with E-state index >= 15 is 0 Å². The first kappa shape index (κ1) is 19.8. The van der Waals surface area contributed by atoms with Crippen LogP contribution >= 0.6 is 23.1 Å². The lowest BCUT2D eigenvalue weighted by Gasteiger charge is -2.28. The number of hydrogen-bond donors (Lipinski definition) is 2. The van der Waals surface area contributed by atoms with Crippen LogP contribution < -0.4 is 10.6 Å². The van der Waals surface area contributed by atoms with Crippen molar-refractivity contribution in [2.75, 3.05) is 5.32 Å². The lowest BCUT2D eigenvalue weighted by Crippen LogP contribution is -2.34. The van der Waals surface area contributed by atoms with Crippen LogP contribution in [-0.2, 0) is 6.54 Å². The Labute approximate surface area is 185 Å². The van der Waals surface area contributed by atoms with Crippen molar-refractivity contribution in [2.45, 2.75) is 50.1 Å². The van der Waals surface area contributed by atoms with Crippen molar-refractivity contribution in [2.24, 2.45) is 5.92 Å². The van der Waals surface area contributed by atoms with Gasteiger partial charge in [0.25, 0.3) is 0 Å². The number of aryl methyl sites for hydroxylation is 1. The van der Waals surface area contributed by atoms with Gasteiger partial charge in [-0.1, -0.05) is 30.0 Å². The molecule has 30 heavy (non-hydrogen) atoms. The molecular weight excluding hydrogens is 410 g/mol. The highest BCUT2D eigenvalue weighted by Crippen LogP contribution is 2.33. The van der Waals surface area contributed by atoms with E-state index < -0.39 is 0 Å². The van der Waals surface area contributed by atoms with Crippen LogP contribution in [0.2, 0.25) is 0 Å². The van der Waals surface area contributed by atoms with Gasteiger partial charge in [-0.15, -0.1) is 11.3 Å². The van der Waals surface area contributed by atoms with Crippen LogP contribution in [0.15, 0.2) is 52.9 Å². The van der Waals surface area contributed by atoms with Crippen molar-refractivity contribution in [3.63, 3.8) is 0 Å². The second-order valence-corrected chi connectivity index (χ2v) is 10.1. The van der Waals surface area contributed by atoms with Crippen LogP contribution in [0.1, 0.15) is 46.6 Å². The number of ketones is 1. The lowest BCUT2D eigenvalue weighted by atomic mass is 9.83. The molecule has 2 heterocycles. The average Bonchev–Trinajstić information content (AvgIpc) is 3.23. The first-order chi connectivity index (χ1) is 14.7. The Morgan fingerprint density at radius 2 is 2.07 bits per heavy atom. The number of nitrogens with zero attached hydrogens (tertiary/aromatic N) is 1. The number of benzene rings is 2. The van der Waals surface area contributed by atoms with E-state index in [1.165, 1.54) is 16.1 Å². The Bertz CT molecular complexity index is 1110. The lowest BCUT2D eigenvalue weighted by molar-refractivity contribution is 0.0879. The molecule has 0 atom stereocenters. The molecule has 0 amide bonds. The number of thioether (sulfide) groups is 1. The van der Waals surface area contributed by atoms with Gasteiger partial charge >= 0.3 is 0 Å². The molecule has 0 radical (unpaired) electrons. The van der Waals surface area contributed by atoms with Crippen molar-refractivity contribution < 1.29 is 4.79 Å². The summed E-state index contributed by atoms with van der Waals surface area (Å²) in [6.07, 6.45) is 5.95. The van der Waals surface area contributed by atoms with Gasteiger partial charge in [-0.2, -0.15) is 0 Å². The summed E-state index contributed by atoms with van der Waals surface area (Å²) in [5.74, 6) is 0.348. The van der Waals surface area contributed by atoms with Crippen LogP contribution in [0.25, 0.3) is 10.2 Å². The minimum Gasteiger partial charge on any atom is -0.360 e. The maximum absolute atomic E-state index is 13.0. The molecule has 1 saturated carbocycles. The van der Waals surface area contributed by atoms with Gasteiger partial charge < -0.3 is 10.6 Å². The second kappa shape index (κ2) is 8.53. The van der Waals surface area contributed by atoms with Crippen molar-refractivity contribution in [1.29, 1.82) is 0 Å². The van der Waals surface area contributed by atoms with Crippen molar-refractivity contribution in [1.82, 2.24) is 10.3 Å². The first-order valence-corrected chi connectivity index (χ1v) is 12.2. The minimum atomic E-state index is 0.112. The zero-order chi connectivity index (χ0) is 20.5. The smallest absolute Gasteiger partial charge is 0.194 e. The Hall–Kier alpha value is -2.15. The van der Waals surface area contributed by atoms with Gasteiger partial charge in [0.15, 0.2) is 10.8 Å². The number of fused-ring (bicyclic) bond motifs is 2. The summed E-state index contributed by atoms with van der Waals surface area (Å²) in [5.41, 5.74) is 4.60. The van der Waals surface area contributed by atoms with Crippen LogP contribution in [0.3, 0.4) is 0 Å². The van der Waals surface area contributed by atoms with Gasteiger partial charge in [0, 0.05) is 29.6 Å². The third kappa shape index (κ3) is 4.04. The Kier molecular flexibility index (Phi) is 5.63. The highest BCUT2D eigenvalue weighted by molar-refractivity contribution is 8.02. The summed E-state index contributed by atoms with van der Waals surface area (Å²) in [5, 5.41) is 9.76. The zero-order valence-electron chi connectivity index (χ0n) is 17.0. The molecule has 6 heteroatoms. The van der Waals surface area contributed by atoms with Crippen molar-refractivity contribution in [3.8, 4) is 0 Å². The monoisotopic (exact) mass is 435 g/mol. The third-order valence-corrected chi connectivity index (χ3v) is 7.99. The van der Waals surface area contributed by atoms with E-state index in [2.05, 4.69) is 58.3 Å². The van der Waals surface area contributed by atoms with E-state index in [0.717, 1.165) is 48.0 Å². The number of aromatic nitrogens is 1. The molecule has 0 unspecified atom stereocenters. The number of Topliss-reactive ketones (excluding diaryl/α,β-unsaturated/α-hetero) is 1. The van der Waals surface area contributed by atoms with Crippen molar-refractivity contribution in [3.05, 3.63) is 64.1 Å². The summed E-state index contributed by atoms with van der Waals surface area (Å²) < 4.78 is 1.11. The average molecular weight is 436 g/mol. The Morgan fingerprint density at radius 1 is 1.20 bits per heavy atom. The molecule has 1 aliphatic carbocycles. The molecular formula is C24H25N3OS2. The molecule has 2 N–H and O–H groups in total. The number of para-hydroxylation sites is 1. The standard InChI is InChI=1S/C24H25N3OS2/c1-15-3-2-4-21-22(15)27-24(30-21)23(28)17-6-8-18(9-7-17)26-14-16-5-10-20-19(13-16)25-11-12-29-20/h2-5,10-13,17-18,25-26H,6-9,14H2,1H3. The molecule has 154 valence electrons. The fourth-order valence-electron chi connectivity index (χ4n) is 4.32. The predicted octanol–water partition coefficient (Wildman–Crippen LogP) is 6.12. The molecule has 5 rings (SSSR count). The largest absolute Gasteiger partial charge is 0.360 e. The molecule has 1 aromatic heterocycles. The topological polar surface area (TPSA) is 54.0 Å². The van der Waals surface area contributed by atoms with E-state index in [-0.39, 0.29) is 11.7 Å². The molecule has 1 aliphatic heterocycles. The van der Waals surface area contributed by atoms with Gasteiger partial charge in [-0.25, -0.2) is 4.98 Å². The summed E-state index contributed by atoms with van der Waals surface area (Å²) >= 11 is 3.29. The van der Waals surface area contributed by atoms with E-state index in [9.17, 15) is 4.79 Å². The maximum Gasteiger partial charge on any atom is 0.194 e. The summed E-state index contributed by atoms with van der Waals surface area (Å²) in [6.45, 7) is 2.92. The molecule has 0 bridgehead atoms. The number of hydrogen-bond acceptors (Lipinski definition) is 6. The third-order valence-electron chi connectivity index (χ3n) is 6.07. The van der Waals surface area contributed by atoms with Gasteiger partial charge in [-0.05, 0) is 67.3 Å². The first-order valence-electron chi connectivity index (χ1n) is 10.5. The molecule has 0 spiro atoms. The van der Waals surface area contributed by atoms with E-state index in [1.54, 1.807) is 23.1 Å². The van der Waals surface area contributed by atoms with E-state index in [0.29, 0.717) is 11.0 Å². The molecule has 2 aromatic carbocycles. The molecule has 4 nitrogen and oxygen atoms in total. The fourth-order valence-corrected chi connectivity index (χ4v) is 6.06. The Morgan fingerprint density at radius 3 is 2.90 bits per heavy atom. The molecule has 0 saturated heterocycles. The normalized spacial score (nSPS) is 20.7. The number of thiazole rings is 1. The van der Waals surface area contributed by atoms with Gasteiger partial charge in [0.05, 0.1) is 15.9 Å². The predicted molar refractivity (Wildman–Crippen MR) is 126 cm³/mol. The van der Waals surface area contributed by atoms with Crippen LogP contribution in [-0.4, -0.2) is 16.8 Å². The number of anilines is 1. The molecule has 2 aliphatic rings. The molecule has 1 fully saturated rings. The second-order valence-electron chi connectivity index (χ2n) is 8.13. The highest BCUT2D eigenvalue weighted by atomic mass is 32.2. The Balaban J connectivity index is 1.16. The summed E-state index contributed by atoms with van der Waals surface area (Å²) in [4.78, 5) is 18.9. The summed E-state index contributed by atoms with van der Waals surface area (Å²) in [6, 6.07) is 13.2. The highest BCUT2D eigenvalue weighted by Gasteiger charge is 2.28. The zero-order valence-corrected chi connectivity index (χ0v) is 18.6. The number of carbonyl (C=O) groups is 1. The quantitative estimate of drug-likeness (QED) is 0.473. The van der Waals surface area contributed by atoms with E-state index in [1.807, 2.05) is 12.3 Å². The van der Waals surface area contributed by atoms with E-state index in [4.69, 9.17) is 0 Å². The van der Waals surface area contributed by atoms with Gasteiger partial charge in [0.1, 0.15) is 0 Å². The van der Waals surface area contributed by atoms with Crippen LogP contribution in [0, 0.1) is 12.8 Å². The number of rotatable bonds is 5. The van der Waals surface area contributed by atoms with Gasteiger partial charge in [0.2, 0.25) is 0 Å². The minimum absolute atomic E-state index is 0.112. The summed E-state index contributed by atoms with van der Waals surface area (Å²) in [7, 11) is 0. The van der Waals surface area contributed by atoms with Crippen molar-refractivity contribution >= 4 is 44.8 Å². The maximum atomic E-state index is 13.0. The molecule has 3 aromatic rings. The van der Waals surface area contributed by atoms with Crippen LogP contribution in [0.5, 0.6) is 0 Å². The van der Waals surface area contributed by atoms with Gasteiger partial charge in [-0.3, -0.25) is 4.79 Å².